The van der Waals surface area contributed by atoms with Gasteiger partial charge in [0.2, 0.25) is 0 Å². The lowest BCUT2D eigenvalue weighted by atomic mass is 10.1. The summed E-state index contributed by atoms with van der Waals surface area (Å²) in [7, 11) is 0.548. The molecule has 0 fully saturated rings. The predicted octanol–water partition coefficient (Wildman–Crippen LogP) is 1.92. The van der Waals surface area contributed by atoms with Gasteiger partial charge in [0, 0.05) is 37.8 Å². The van der Waals surface area contributed by atoms with Crippen molar-refractivity contribution in [1.82, 2.24) is 14.5 Å². The second-order valence-electron chi connectivity index (χ2n) is 6.83. The molecule has 30 heavy (non-hydrogen) atoms. The van der Waals surface area contributed by atoms with E-state index in [0.29, 0.717) is 11.1 Å². The third-order valence-corrected chi connectivity index (χ3v) is 5.52. The summed E-state index contributed by atoms with van der Waals surface area (Å²) < 4.78 is 47.5. The van der Waals surface area contributed by atoms with Crippen molar-refractivity contribution in [3.63, 3.8) is 0 Å². The summed E-state index contributed by atoms with van der Waals surface area (Å²) in [6, 6.07) is 9.02. The fraction of sp³-hybridized carbons (Fsp3) is 0.263. The number of nitrogens with zero attached hydrogens (tertiary/aromatic N) is 2. The molecule has 0 radical (unpaired) electrons. The highest BCUT2D eigenvalue weighted by Gasteiger charge is 2.27. The van der Waals surface area contributed by atoms with Crippen LogP contribution in [0.2, 0.25) is 0 Å². The highest BCUT2D eigenvalue weighted by atomic mass is 32.2. The summed E-state index contributed by atoms with van der Waals surface area (Å²) in [6.07, 6.45) is -0.697. The molecule has 9 nitrogen and oxygen atoms in total. The van der Waals surface area contributed by atoms with Crippen molar-refractivity contribution in [3.05, 3.63) is 58.9 Å². The fourth-order valence-corrected chi connectivity index (χ4v) is 3.45. The number of amides is 2. The standard InChI is InChI=1S/C19H21FN4O5S/c1-21-30(27,28)22-15-6-4-5-14(17(15)20)11-24-10-13-8-7-12(18(25)23(2)3)9-16(13)29-19(24)26/h4-9,21-22H,10-11H2,1-3H3. The van der Waals surface area contributed by atoms with Crippen LogP contribution in [-0.4, -0.2) is 51.4 Å². The van der Waals surface area contributed by atoms with Crippen molar-refractivity contribution in [1.29, 1.82) is 0 Å². The topological polar surface area (TPSA) is 108 Å². The molecule has 0 saturated heterocycles. The van der Waals surface area contributed by atoms with Gasteiger partial charge in [0.15, 0.2) is 5.82 Å². The summed E-state index contributed by atoms with van der Waals surface area (Å²) in [5.41, 5.74) is 0.929. The monoisotopic (exact) mass is 436 g/mol. The van der Waals surface area contributed by atoms with Crippen molar-refractivity contribution in [2.45, 2.75) is 13.1 Å². The van der Waals surface area contributed by atoms with Gasteiger partial charge in [-0.25, -0.2) is 13.9 Å². The summed E-state index contributed by atoms with van der Waals surface area (Å²) in [4.78, 5) is 27.2. The van der Waals surface area contributed by atoms with Gasteiger partial charge >= 0.3 is 6.09 Å². The maximum absolute atomic E-state index is 14.8. The molecule has 2 amide bonds. The van der Waals surface area contributed by atoms with Gasteiger partial charge in [-0.05, 0) is 18.2 Å². The SMILES string of the molecule is CNS(=O)(=O)Nc1cccc(CN2Cc3ccc(C(=O)N(C)C)cc3OC2=O)c1F. The lowest BCUT2D eigenvalue weighted by Crippen LogP contribution is -2.37. The van der Waals surface area contributed by atoms with Crippen molar-refractivity contribution < 1.29 is 27.1 Å². The summed E-state index contributed by atoms with van der Waals surface area (Å²) in [5.74, 6) is -0.735. The molecule has 0 spiro atoms. The molecule has 0 aliphatic carbocycles. The highest BCUT2D eigenvalue weighted by Crippen LogP contribution is 2.29. The quantitative estimate of drug-likeness (QED) is 0.719. The number of nitrogens with one attached hydrogen (secondary N) is 2. The first-order valence-electron chi connectivity index (χ1n) is 8.91. The van der Waals surface area contributed by atoms with Gasteiger partial charge in [-0.1, -0.05) is 18.2 Å². The van der Waals surface area contributed by atoms with E-state index in [1.54, 1.807) is 26.2 Å². The molecule has 2 N–H and O–H groups in total. The molecule has 1 aliphatic rings. The highest BCUT2D eigenvalue weighted by molar-refractivity contribution is 7.90. The molecule has 0 saturated carbocycles. The number of carbonyl (C=O) groups excluding carboxylic acids is 2. The van der Waals surface area contributed by atoms with Gasteiger partial charge in [0.1, 0.15) is 5.75 Å². The van der Waals surface area contributed by atoms with E-state index in [4.69, 9.17) is 4.74 Å². The number of hydrogen-bond acceptors (Lipinski definition) is 5. The number of fused-ring (bicyclic) bond motifs is 1. The van der Waals surface area contributed by atoms with Crippen LogP contribution < -0.4 is 14.2 Å². The van der Waals surface area contributed by atoms with Gasteiger partial charge in [-0.15, -0.1) is 0 Å². The molecular weight excluding hydrogens is 415 g/mol. The van der Waals surface area contributed by atoms with Gasteiger partial charge in [0.25, 0.3) is 16.1 Å². The van der Waals surface area contributed by atoms with Crippen LogP contribution in [0, 0.1) is 5.82 Å². The van der Waals surface area contributed by atoms with E-state index < -0.39 is 22.1 Å². The lowest BCUT2D eigenvalue weighted by Gasteiger charge is -2.28. The van der Waals surface area contributed by atoms with E-state index in [0.717, 1.165) is 0 Å². The zero-order valence-corrected chi connectivity index (χ0v) is 17.4. The number of carbonyl (C=O) groups is 2. The fourth-order valence-electron chi connectivity index (χ4n) is 2.90. The van der Waals surface area contributed by atoms with Crippen LogP contribution in [0.3, 0.4) is 0 Å². The molecule has 0 bridgehead atoms. The number of hydrogen-bond donors (Lipinski definition) is 2. The van der Waals surface area contributed by atoms with Crippen LogP contribution in [0.4, 0.5) is 14.9 Å². The number of halogens is 1. The van der Waals surface area contributed by atoms with Crippen LogP contribution in [0.15, 0.2) is 36.4 Å². The number of anilines is 1. The second-order valence-corrected chi connectivity index (χ2v) is 8.45. The molecular formula is C19H21FN4O5S. The average Bonchev–Trinajstić information content (AvgIpc) is 2.70. The Bertz CT molecular complexity index is 1100. The Balaban J connectivity index is 1.81. The Labute approximate surface area is 173 Å². The Morgan fingerprint density at radius 2 is 2.00 bits per heavy atom. The Hall–Kier alpha value is -3.18. The maximum atomic E-state index is 14.8. The second kappa shape index (κ2) is 8.28. The van der Waals surface area contributed by atoms with E-state index in [2.05, 4.69) is 4.72 Å². The van der Waals surface area contributed by atoms with Crippen LogP contribution in [0.5, 0.6) is 5.75 Å². The molecule has 160 valence electrons. The molecule has 2 aromatic carbocycles. The first-order valence-corrected chi connectivity index (χ1v) is 10.4. The first kappa shape index (κ1) is 21.5. The van der Waals surface area contributed by atoms with E-state index in [1.165, 1.54) is 41.1 Å². The third-order valence-electron chi connectivity index (χ3n) is 4.49. The molecule has 3 rings (SSSR count). The number of benzene rings is 2. The Morgan fingerprint density at radius 3 is 2.67 bits per heavy atom. The van der Waals surface area contributed by atoms with Crippen molar-refractivity contribution in [2.24, 2.45) is 0 Å². The van der Waals surface area contributed by atoms with Crippen molar-refractivity contribution in [2.75, 3.05) is 25.9 Å². The molecule has 0 aromatic heterocycles. The zero-order valence-electron chi connectivity index (χ0n) is 16.6. The van der Waals surface area contributed by atoms with Gasteiger partial charge in [0.05, 0.1) is 18.8 Å². The zero-order chi connectivity index (χ0) is 22.1. The van der Waals surface area contributed by atoms with Crippen LogP contribution in [-0.2, 0) is 23.3 Å². The Morgan fingerprint density at radius 1 is 1.27 bits per heavy atom. The molecule has 0 unspecified atom stereocenters. The molecule has 2 aromatic rings. The van der Waals surface area contributed by atoms with E-state index in [1.807, 2.05) is 4.72 Å². The molecule has 1 aliphatic heterocycles. The van der Waals surface area contributed by atoms with E-state index >= 15 is 0 Å². The van der Waals surface area contributed by atoms with Crippen molar-refractivity contribution >= 4 is 27.9 Å². The Kier molecular flexibility index (Phi) is 5.94. The maximum Gasteiger partial charge on any atom is 0.415 e. The smallest absolute Gasteiger partial charge is 0.410 e. The largest absolute Gasteiger partial charge is 0.415 e. The lowest BCUT2D eigenvalue weighted by molar-refractivity contribution is 0.0826. The minimum Gasteiger partial charge on any atom is -0.410 e. The van der Waals surface area contributed by atoms with Gasteiger partial charge in [-0.2, -0.15) is 8.42 Å². The number of rotatable bonds is 6. The van der Waals surface area contributed by atoms with E-state index in [9.17, 15) is 22.4 Å². The van der Waals surface area contributed by atoms with E-state index in [-0.39, 0.29) is 36.0 Å². The van der Waals surface area contributed by atoms with Crippen LogP contribution in [0.1, 0.15) is 21.5 Å². The van der Waals surface area contributed by atoms with Crippen LogP contribution in [0.25, 0.3) is 0 Å². The third kappa shape index (κ3) is 4.52. The molecule has 11 heteroatoms. The summed E-state index contributed by atoms with van der Waals surface area (Å²) >= 11 is 0. The minimum absolute atomic E-state index is 0.117. The minimum atomic E-state index is -3.89. The van der Waals surface area contributed by atoms with Crippen LogP contribution >= 0.6 is 0 Å². The predicted molar refractivity (Wildman–Crippen MR) is 108 cm³/mol. The summed E-state index contributed by atoms with van der Waals surface area (Å²) in [5, 5.41) is 0. The molecule has 1 heterocycles. The normalized spacial score (nSPS) is 13.5. The average molecular weight is 436 g/mol. The van der Waals surface area contributed by atoms with Gasteiger partial charge < -0.3 is 9.64 Å². The van der Waals surface area contributed by atoms with Gasteiger partial charge in [-0.3, -0.25) is 14.4 Å². The molecule has 0 atom stereocenters. The summed E-state index contributed by atoms with van der Waals surface area (Å²) in [6.45, 7) is 0.0219. The van der Waals surface area contributed by atoms with Crippen molar-refractivity contribution in [3.8, 4) is 5.75 Å². The number of ether oxygens (including phenoxy) is 1. The first-order chi connectivity index (χ1) is 14.1.